The monoisotopic (exact) mass is 555 g/mol. The second kappa shape index (κ2) is 8.69. The first-order valence-electron chi connectivity index (χ1n) is 13.8. The molecule has 1 unspecified atom stereocenters. The number of nitrogens with zero attached hydrogens (tertiary/aromatic N) is 2. The van der Waals surface area contributed by atoms with Crippen molar-refractivity contribution in [3.63, 3.8) is 0 Å². The lowest BCUT2D eigenvalue weighted by molar-refractivity contribution is -0.127. The van der Waals surface area contributed by atoms with Crippen molar-refractivity contribution in [2.45, 2.75) is 75.6 Å². The summed E-state index contributed by atoms with van der Waals surface area (Å²) >= 11 is 0. The lowest BCUT2D eigenvalue weighted by atomic mass is 9.58. The number of phenols is 1. The maximum absolute atomic E-state index is 14.2. The molecule has 1 spiro atoms. The number of amides is 1. The number of ether oxygens (including phenoxy) is 2. The Bertz CT molecular complexity index is 1390. The van der Waals surface area contributed by atoms with Crippen LogP contribution in [-0.2, 0) is 27.3 Å². The van der Waals surface area contributed by atoms with E-state index in [-0.39, 0.29) is 29.7 Å². The summed E-state index contributed by atoms with van der Waals surface area (Å²) in [6.45, 7) is 4.92. The number of benzene rings is 1. The Kier molecular flexibility index (Phi) is 5.88. The molecule has 0 bridgehead atoms. The van der Waals surface area contributed by atoms with Crippen molar-refractivity contribution in [2.75, 3.05) is 21.2 Å². The largest absolute Gasteiger partial charge is 0.510 e. The molecular formula is C29H37N3O8. The van der Waals surface area contributed by atoms with Crippen molar-refractivity contribution in [3.8, 4) is 11.5 Å². The molecule has 1 aromatic rings. The number of phenolic OH excluding ortho intramolecular Hbond substituents is 1. The van der Waals surface area contributed by atoms with Gasteiger partial charge in [0.25, 0.3) is 5.91 Å². The molecule has 1 saturated carbocycles. The molecule has 5 aliphatic rings. The van der Waals surface area contributed by atoms with E-state index in [0.29, 0.717) is 29.9 Å². The highest BCUT2D eigenvalue weighted by Crippen LogP contribution is 2.67. The fourth-order valence-electron chi connectivity index (χ4n) is 8.10. The number of ketones is 1. The van der Waals surface area contributed by atoms with Crippen LogP contribution in [-0.4, -0.2) is 92.6 Å². The van der Waals surface area contributed by atoms with Crippen LogP contribution in [0.5, 0.6) is 11.5 Å². The number of carbonyl (C=O) groups is 2. The van der Waals surface area contributed by atoms with Gasteiger partial charge in [0.05, 0.1) is 18.7 Å². The molecular weight excluding hydrogens is 518 g/mol. The van der Waals surface area contributed by atoms with E-state index in [1.54, 1.807) is 32.2 Å². The van der Waals surface area contributed by atoms with Gasteiger partial charge in [-0.05, 0) is 65.6 Å². The quantitative estimate of drug-likeness (QED) is 0.336. The number of hydrogen-bond donors (Lipinski definition) is 5. The molecule has 2 heterocycles. The molecule has 3 aliphatic carbocycles. The number of rotatable bonds is 5. The summed E-state index contributed by atoms with van der Waals surface area (Å²) in [5, 5.41) is 45.1. The average Bonchev–Trinajstić information content (AvgIpc) is 3.39. The van der Waals surface area contributed by atoms with Gasteiger partial charge in [0, 0.05) is 41.2 Å². The molecule has 2 saturated heterocycles. The number of Topliss-reactive ketones (excluding diaryl/α,β-unsaturated/α-hetero) is 1. The van der Waals surface area contributed by atoms with Crippen LogP contribution in [0.2, 0.25) is 0 Å². The van der Waals surface area contributed by atoms with Crippen molar-refractivity contribution in [1.29, 1.82) is 0 Å². The van der Waals surface area contributed by atoms with Crippen LogP contribution in [0, 0.1) is 11.8 Å². The van der Waals surface area contributed by atoms with E-state index in [2.05, 4.69) is 18.7 Å². The standard InChI is InChI=1S/C29H37N3O8/c1-12-6-7-13(2)32(12)11-15-10-18(33)20-16(25(15)39-5)8-14-9-17-22(31(3)4)24(35)21(27(30)37)29(38)28(17,40-29)26(36)19(14)23(20)34/h10,12-14,17,22,33-35,38H,6-9,11H2,1-5H3,(H2,30,37)/t12-,13-,14+,17+,22+,28+,29?/m1/s1. The van der Waals surface area contributed by atoms with E-state index >= 15 is 0 Å². The second-order valence-electron chi connectivity index (χ2n) is 12.2. The van der Waals surface area contributed by atoms with Crippen LogP contribution in [0.4, 0.5) is 0 Å². The zero-order valence-corrected chi connectivity index (χ0v) is 23.4. The molecule has 7 atom stereocenters. The maximum Gasteiger partial charge on any atom is 0.253 e. The van der Waals surface area contributed by atoms with Crippen LogP contribution >= 0.6 is 0 Å². The fraction of sp³-hybridized carbons (Fsp3) is 0.586. The van der Waals surface area contributed by atoms with Gasteiger partial charge in [0.15, 0.2) is 5.60 Å². The molecule has 1 aromatic carbocycles. The molecule has 0 aromatic heterocycles. The summed E-state index contributed by atoms with van der Waals surface area (Å²) in [5.74, 6) is -5.86. The lowest BCUT2D eigenvalue weighted by Gasteiger charge is -2.46. The Hall–Kier alpha value is -3.12. The molecule has 11 nitrogen and oxygen atoms in total. The topological polar surface area (TPSA) is 169 Å². The van der Waals surface area contributed by atoms with Crippen LogP contribution < -0.4 is 10.5 Å². The zero-order valence-electron chi connectivity index (χ0n) is 23.4. The SMILES string of the molecule is COc1c(CN2[C@H](C)CC[C@H]2C)cc(O)c2c1C[C@H]1C[C@H]3[C@H](N(C)C)C(O)=C(C(N)=O)C4(O)O[C@]34C(=O)C1=C2O. The van der Waals surface area contributed by atoms with Crippen molar-refractivity contribution in [2.24, 2.45) is 17.6 Å². The van der Waals surface area contributed by atoms with E-state index in [0.717, 1.165) is 18.4 Å². The summed E-state index contributed by atoms with van der Waals surface area (Å²) in [6, 6.07) is 1.50. The van der Waals surface area contributed by atoms with Gasteiger partial charge in [-0.2, -0.15) is 0 Å². The zero-order chi connectivity index (χ0) is 29.0. The summed E-state index contributed by atoms with van der Waals surface area (Å²) in [7, 11) is 4.94. The number of methoxy groups -OCH3 is 1. The minimum absolute atomic E-state index is 0.0225. The Morgan fingerprint density at radius 3 is 2.45 bits per heavy atom. The lowest BCUT2D eigenvalue weighted by Crippen LogP contribution is -2.60. The second-order valence-corrected chi connectivity index (χ2v) is 12.2. The third kappa shape index (κ3) is 3.26. The number of aliphatic hydroxyl groups excluding tert-OH is 2. The number of hydrogen-bond acceptors (Lipinski definition) is 10. The van der Waals surface area contributed by atoms with Crippen molar-refractivity contribution < 1.29 is 39.5 Å². The molecule has 11 heteroatoms. The molecule has 6 N–H and O–H groups in total. The Morgan fingerprint density at radius 1 is 1.23 bits per heavy atom. The van der Waals surface area contributed by atoms with E-state index in [1.807, 2.05) is 0 Å². The molecule has 0 radical (unpaired) electrons. The normalized spacial score (nSPS) is 36.8. The van der Waals surface area contributed by atoms with E-state index in [9.17, 15) is 30.0 Å². The number of fused-ring (bicyclic) bond motifs is 2. The molecule has 1 amide bonds. The highest BCUT2D eigenvalue weighted by molar-refractivity contribution is 6.14. The number of aromatic hydroxyl groups is 1. The number of epoxide rings is 1. The van der Waals surface area contributed by atoms with Gasteiger partial charge in [-0.15, -0.1) is 0 Å². The van der Waals surface area contributed by atoms with Crippen LogP contribution in [0.25, 0.3) is 5.76 Å². The highest BCUT2D eigenvalue weighted by atomic mass is 16.8. The van der Waals surface area contributed by atoms with Gasteiger partial charge in [0.1, 0.15) is 28.6 Å². The third-order valence-corrected chi connectivity index (χ3v) is 9.95. The number of carbonyl (C=O) groups excluding carboxylic acids is 2. The highest BCUT2D eigenvalue weighted by Gasteiger charge is 2.86. The Morgan fingerprint density at radius 2 is 1.88 bits per heavy atom. The minimum Gasteiger partial charge on any atom is -0.510 e. The minimum atomic E-state index is -2.40. The smallest absolute Gasteiger partial charge is 0.253 e. The van der Waals surface area contributed by atoms with E-state index < -0.39 is 58.0 Å². The number of aliphatic hydroxyl groups is 3. The number of likely N-dealkylation sites (tertiary alicyclic amines) is 1. The maximum atomic E-state index is 14.2. The summed E-state index contributed by atoms with van der Waals surface area (Å²) in [6.07, 6.45) is 2.70. The molecule has 6 rings (SSSR count). The molecule has 3 fully saturated rings. The first-order valence-corrected chi connectivity index (χ1v) is 13.8. The van der Waals surface area contributed by atoms with Gasteiger partial charge in [-0.25, -0.2) is 0 Å². The number of nitrogens with two attached hydrogens (primary N) is 1. The van der Waals surface area contributed by atoms with Crippen molar-refractivity contribution in [1.82, 2.24) is 9.80 Å². The van der Waals surface area contributed by atoms with Crippen molar-refractivity contribution in [3.05, 3.63) is 39.7 Å². The Balaban J connectivity index is 1.48. The fourth-order valence-corrected chi connectivity index (χ4v) is 8.10. The summed E-state index contributed by atoms with van der Waals surface area (Å²) < 4.78 is 11.6. The van der Waals surface area contributed by atoms with Crippen LogP contribution in [0.3, 0.4) is 0 Å². The first kappa shape index (κ1) is 27.1. The number of primary amides is 1. The predicted molar refractivity (Wildman–Crippen MR) is 143 cm³/mol. The van der Waals surface area contributed by atoms with Crippen molar-refractivity contribution >= 4 is 17.4 Å². The van der Waals surface area contributed by atoms with Gasteiger partial charge in [0.2, 0.25) is 11.6 Å². The average molecular weight is 556 g/mol. The van der Waals surface area contributed by atoms with Crippen LogP contribution in [0.1, 0.15) is 49.8 Å². The van der Waals surface area contributed by atoms with Crippen LogP contribution in [0.15, 0.2) is 23.0 Å². The molecule has 2 aliphatic heterocycles. The Labute approximate surface area is 232 Å². The first-order chi connectivity index (χ1) is 18.8. The third-order valence-electron chi connectivity index (χ3n) is 9.95. The van der Waals surface area contributed by atoms with Gasteiger partial charge in [-0.1, -0.05) is 0 Å². The van der Waals surface area contributed by atoms with Gasteiger partial charge >= 0.3 is 0 Å². The van der Waals surface area contributed by atoms with E-state index in [4.69, 9.17) is 15.2 Å². The van der Waals surface area contributed by atoms with Gasteiger partial charge in [-0.3, -0.25) is 19.4 Å². The van der Waals surface area contributed by atoms with Gasteiger partial charge < -0.3 is 35.6 Å². The van der Waals surface area contributed by atoms with E-state index in [1.165, 1.54) is 0 Å². The summed E-state index contributed by atoms with van der Waals surface area (Å²) in [5.41, 5.74) is 4.61. The molecule has 216 valence electrons. The molecule has 40 heavy (non-hydrogen) atoms. The summed E-state index contributed by atoms with van der Waals surface area (Å²) in [4.78, 5) is 30.5. The number of likely N-dealkylation sites (N-methyl/N-ethyl adjacent to an activating group) is 1. The predicted octanol–water partition coefficient (Wildman–Crippen LogP) is 1.50.